The molecule has 0 spiro atoms. The van der Waals surface area contributed by atoms with Gasteiger partial charge in [-0.15, -0.1) is 0 Å². The fourth-order valence-corrected chi connectivity index (χ4v) is 1.86. The minimum absolute atomic E-state index is 0.00260. The molecule has 0 unspecified atom stereocenters. The third kappa shape index (κ3) is 2.64. The Kier molecular flexibility index (Phi) is 3.19. The van der Waals surface area contributed by atoms with Crippen molar-refractivity contribution in [1.29, 1.82) is 0 Å². The van der Waals surface area contributed by atoms with Gasteiger partial charge in [0.1, 0.15) is 17.1 Å². The van der Waals surface area contributed by atoms with Crippen molar-refractivity contribution in [2.75, 3.05) is 0 Å². The molecule has 3 rings (SSSR count). The van der Waals surface area contributed by atoms with E-state index >= 15 is 0 Å². The Morgan fingerprint density at radius 2 is 2.00 bits per heavy atom. The Morgan fingerprint density at radius 3 is 2.81 bits per heavy atom. The highest BCUT2D eigenvalue weighted by Gasteiger charge is 2.14. The number of rotatable bonds is 3. The Balaban J connectivity index is 2.00. The summed E-state index contributed by atoms with van der Waals surface area (Å²) in [5.41, 5.74) is 0.383. The van der Waals surface area contributed by atoms with Crippen LogP contribution in [0.2, 0.25) is 0 Å². The molecule has 0 saturated heterocycles. The van der Waals surface area contributed by atoms with Crippen LogP contribution in [-0.4, -0.2) is 21.0 Å². The molecule has 1 heterocycles. The van der Waals surface area contributed by atoms with E-state index in [9.17, 15) is 9.18 Å². The van der Waals surface area contributed by atoms with Crippen LogP contribution in [0.4, 0.5) is 4.39 Å². The molecule has 21 heavy (non-hydrogen) atoms. The first-order valence-electron chi connectivity index (χ1n) is 6.06. The molecule has 1 aromatic heterocycles. The topological polar surface area (TPSA) is 72.3 Å². The molecule has 0 bridgehead atoms. The van der Waals surface area contributed by atoms with E-state index in [0.717, 1.165) is 17.5 Å². The van der Waals surface area contributed by atoms with Crippen LogP contribution < -0.4 is 4.74 Å². The lowest BCUT2D eigenvalue weighted by molar-refractivity contribution is 0.0693. The van der Waals surface area contributed by atoms with Crippen molar-refractivity contribution in [3.8, 4) is 11.8 Å². The maximum absolute atomic E-state index is 13.1. The molecule has 5 nitrogen and oxygen atoms in total. The lowest BCUT2D eigenvalue weighted by Gasteiger charge is -2.07. The molecule has 6 heteroatoms. The Labute approximate surface area is 118 Å². The molecule has 104 valence electrons. The lowest BCUT2D eigenvalue weighted by atomic mass is 10.2. The minimum Gasteiger partial charge on any atom is -0.478 e. The number of ether oxygens (including phenoxy) is 1. The van der Waals surface area contributed by atoms with Crippen molar-refractivity contribution < 1.29 is 19.0 Å². The molecule has 0 radical (unpaired) electrons. The predicted molar refractivity (Wildman–Crippen MR) is 73.0 cm³/mol. The van der Waals surface area contributed by atoms with Crippen molar-refractivity contribution in [3.05, 3.63) is 60.0 Å². The van der Waals surface area contributed by atoms with Gasteiger partial charge >= 0.3 is 12.0 Å². The average molecular weight is 284 g/mol. The van der Waals surface area contributed by atoms with Gasteiger partial charge in [0.05, 0.1) is 5.52 Å². The van der Waals surface area contributed by atoms with Gasteiger partial charge in [-0.3, -0.25) is 0 Å². The highest BCUT2D eigenvalue weighted by atomic mass is 19.1. The summed E-state index contributed by atoms with van der Waals surface area (Å²) in [6, 6.07) is 10.5. The third-order valence-electron chi connectivity index (χ3n) is 2.84. The van der Waals surface area contributed by atoms with Crippen LogP contribution in [0.15, 0.2) is 48.7 Å². The molecular formula is C15H9FN2O3. The van der Waals surface area contributed by atoms with E-state index < -0.39 is 11.8 Å². The van der Waals surface area contributed by atoms with E-state index in [2.05, 4.69) is 9.97 Å². The standard InChI is InChI=1S/C15H9FN2O3/c16-10-5-6-13(11(7-10)14(19)20)21-15-17-8-9-3-1-2-4-12(9)18-15/h1-8H,(H,19,20). The number of nitrogens with zero attached hydrogens (tertiary/aromatic N) is 2. The van der Waals surface area contributed by atoms with E-state index in [1.54, 1.807) is 12.3 Å². The van der Waals surface area contributed by atoms with E-state index in [4.69, 9.17) is 9.84 Å². The zero-order valence-corrected chi connectivity index (χ0v) is 10.7. The van der Waals surface area contributed by atoms with Gasteiger partial charge in [-0.2, -0.15) is 4.98 Å². The van der Waals surface area contributed by atoms with Gasteiger partial charge in [0, 0.05) is 11.6 Å². The van der Waals surface area contributed by atoms with Gasteiger partial charge in [-0.25, -0.2) is 14.2 Å². The minimum atomic E-state index is -1.29. The van der Waals surface area contributed by atoms with E-state index in [-0.39, 0.29) is 17.3 Å². The summed E-state index contributed by atoms with van der Waals surface area (Å²) in [7, 11) is 0. The Hall–Kier alpha value is -3.02. The number of halogens is 1. The zero-order valence-electron chi connectivity index (χ0n) is 10.7. The summed E-state index contributed by atoms with van der Waals surface area (Å²) >= 11 is 0. The first-order valence-corrected chi connectivity index (χ1v) is 6.06. The number of aromatic nitrogens is 2. The first kappa shape index (κ1) is 13.0. The number of aromatic carboxylic acids is 1. The lowest BCUT2D eigenvalue weighted by Crippen LogP contribution is -2.02. The molecule has 1 N–H and O–H groups in total. The van der Waals surface area contributed by atoms with E-state index in [0.29, 0.717) is 5.52 Å². The van der Waals surface area contributed by atoms with Crippen LogP contribution in [0, 0.1) is 5.82 Å². The Bertz CT molecular complexity index is 836. The molecule has 2 aromatic carbocycles. The highest BCUT2D eigenvalue weighted by molar-refractivity contribution is 5.91. The third-order valence-corrected chi connectivity index (χ3v) is 2.84. The predicted octanol–water partition coefficient (Wildman–Crippen LogP) is 3.26. The maximum atomic E-state index is 13.1. The summed E-state index contributed by atoms with van der Waals surface area (Å²) in [6.45, 7) is 0. The average Bonchev–Trinajstić information content (AvgIpc) is 2.49. The van der Waals surface area contributed by atoms with Crippen molar-refractivity contribution >= 4 is 16.9 Å². The SMILES string of the molecule is O=C(O)c1cc(F)ccc1Oc1ncc2ccccc2n1. The fourth-order valence-electron chi connectivity index (χ4n) is 1.86. The van der Waals surface area contributed by atoms with E-state index in [1.165, 1.54) is 6.07 Å². The number of benzene rings is 2. The Morgan fingerprint density at radius 1 is 1.19 bits per heavy atom. The summed E-state index contributed by atoms with van der Waals surface area (Å²) in [4.78, 5) is 19.3. The van der Waals surface area contributed by atoms with Crippen LogP contribution >= 0.6 is 0 Å². The van der Waals surface area contributed by atoms with Gasteiger partial charge in [0.2, 0.25) is 0 Å². The number of carboxylic acid groups (broad SMARTS) is 1. The second-order valence-corrected chi connectivity index (χ2v) is 4.26. The van der Waals surface area contributed by atoms with Crippen molar-refractivity contribution in [3.63, 3.8) is 0 Å². The first-order chi connectivity index (χ1) is 10.1. The molecule has 0 aliphatic rings. The highest BCUT2D eigenvalue weighted by Crippen LogP contribution is 2.25. The van der Waals surface area contributed by atoms with Crippen molar-refractivity contribution in [1.82, 2.24) is 9.97 Å². The van der Waals surface area contributed by atoms with Crippen LogP contribution in [0.5, 0.6) is 11.8 Å². The summed E-state index contributed by atoms with van der Waals surface area (Å²) < 4.78 is 18.5. The van der Waals surface area contributed by atoms with E-state index in [1.807, 2.05) is 18.2 Å². The molecule has 0 atom stereocenters. The van der Waals surface area contributed by atoms with Crippen LogP contribution in [-0.2, 0) is 0 Å². The summed E-state index contributed by atoms with van der Waals surface area (Å²) in [5, 5.41) is 9.89. The van der Waals surface area contributed by atoms with Crippen LogP contribution in [0.25, 0.3) is 10.9 Å². The van der Waals surface area contributed by atoms with Gasteiger partial charge < -0.3 is 9.84 Å². The molecule has 0 amide bonds. The van der Waals surface area contributed by atoms with Crippen LogP contribution in [0.1, 0.15) is 10.4 Å². The molecule has 3 aromatic rings. The molecule has 0 aliphatic carbocycles. The van der Waals surface area contributed by atoms with Crippen LogP contribution in [0.3, 0.4) is 0 Å². The fraction of sp³-hybridized carbons (Fsp3) is 0. The molecule has 0 saturated carbocycles. The summed E-state index contributed by atoms with van der Waals surface area (Å²) in [6.07, 6.45) is 1.57. The number of hydrogen-bond donors (Lipinski definition) is 1. The van der Waals surface area contributed by atoms with Crippen molar-refractivity contribution in [2.45, 2.75) is 0 Å². The number of carboxylic acids is 1. The van der Waals surface area contributed by atoms with Crippen molar-refractivity contribution in [2.24, 2.45) is 0 Å². The van der Waals surface area contributed by atoms with Gasteiger partial charge in [0.15, 0.2) is 0 Å². The molecule has 0 fully saturated rings. The smallest absolute Gasteiger partial charge is 0.339 e. The number of para-hydroxylation sites is 1. The van der Waals surface area contributed by atoms with Gasteiger partial charge in [0.25, 0.3) is 0 Å². The van der Waals surface area contributed by atoms with Gasteiger partial charge in [-0.1, -0.05) is 18.2 Å². The second kappa shape index (κ2) is 5.16. The second-order valence-electron chi connectivity index (χ2n) is 4.26. The summed E-state index contributed by atoms with van der Waals surface area (Å²) in [5.74, 6) is -1.95. The normalized spacial score (nSPS) is 10.5. The number of fused-ring (bicyclic) bond motifs is 1. The monoisotopic (exact) mass is 284 g/mol. The quantitative estimate of drug-likeness (QED) is 0.799. The molecular weight excluding hydrogens is 275 g/mol. The van der Waals surface area contributed by atoms with Gasteiger partial charge in [-0.05, 0) is 24.3 Å². The maximum Gasteiger partial charge on any atom is 0.339 e. The number of hydrogen-bond acceptors (Lipinski definition) is 4. The zero-order chi connectivity index (χ0) is 14.8. The molecule has 0 aliphatic heterocycles. The number of carbonyl (C=O) groups is 1. The largest absolute Gasteiger partial charge is 0.478 e.